The van der Waals surface area contributed by atoms with Gasteiger partial charge in [-0.25, -0.2) is 9.78 Å². The van der Waals surface area contributed by atoms with Gasteiger partial charge in [0.1, 0.15) is 18.1 Å². The molecule has 2 aromatic heterocycles. The number of benzene rings is 2. The van der Waals surface area contributed by atoms with Gasteiger partial charge in [0.2, 0.25) is 5.89 Å². The summed E-state index contributed by atoms with van der Waals surface area (Å²) in [5.74, 6) is 0.703. The van der Waals surface area contributed by atoms with Crippen LogP contribution in [0.4, 0.5) is 0 Å². The zero-order chi connectivity index (χ0) is 19.3. The molecule has 2 aromatic carbocycles. The highest BCUT2D eigenvalue weighted by Gasteiger charge is 2.15. The van der Waals surface area contributed by atoms with Gasteiger partial charge < -0.3 is 9.15 Å². The first kappa shape index (κ1) is 17.7. The molecule has 0 amide bonds. The van der Waals surface area contributed by atoms with E-state index in [9.17, 15) is 4.79 Å². The molecule has 0 aliphatic rings. The first-order valence-electron chi connectivity index (χ1n) is 8.94. The van der Waals surface area contributed by atoms with Gasteiger partial charge in [0.25, 0.3) is 0 Å². The Labute approximate surface area is 162 Å². The lowest BCUT2D eigenvalue weighted by molar-refractivity contribution is 0.0467. The molecule has 0 saturated heterocycles. The monoisotopic (exact) mass is 373 g/mol. The lowest BCUT2D eigenvalue weighted by atomic mass is 10.2. The van der Waals surface area contributed by atoms with Gasteiger partial charge in [-0.3, -0.25) is 4.68 Å². The van der Waals surface area contributed by atoms with Crippen LogP contribution in [0.15, 0.2) is 77.5 Å². The Balaban J connectivity index is 1.39. The molecule has 0 atom stereocenters. The molecular weight excluding hydrogens is 354 g/mol. The number of aryl methyl sites for hydroxylation is 1. The molecule has 0 aliphatic heterocycles. The summed E-state index contributed by atoms with van der Waals surface area (Å²) in [6.07, 6.45) is 3.19. The number of oxazole rings is 1. The molecular formula is C22H19N3O3. The maximum Gasteiger partial charge on any atom is 0.341 e. The first-order valence-corrected chi connectivity index (χ1v) is 8.94. The SMILES string of the molecule is Cc1oc(-c2ccccc2)nc1COC(=O)c1cnn(Cc2ccccc2)c1. The molecule has 4 aromatic rings. The molecule has 0 bridgehead atoms. The van der Waals surface area contributed by atoms with Crippen LogP contribution in [0.25, 0.3) is 11.5 Å². The Morgan fingerprint density at radius 2 is 1.79 bits per heavy atom. The largest absolute Gasteiger partial charge is 0.455 e. The minimum Gasteiger partial charge on any atom is -0.455 e. The van der Waals surface area contributed by atoms with E-state index in [4.69, 9.17) is 9.15 Å². The number of carbonyl (C=O) groups excluding carboxylic acids is 1. The van der Waals surface area contributed by atoms with E-state index in [0.717, 1.165) is 11.1 Å². The average Bonchev–Trinajstić information content (AvgIpc) is 3.34. The predicted octanol–water partition coefficient (Wildman–Crippen LogP) is 4.25. The Morgan fingerprint density at radius 3 is 2.54 bits per heavy atom. The van der Waals surface area contributed by atoms with E-state index in [1.807, 2.05) is 60.7 Å². The van der Waals surface area contributed by atoms with Crippen molar-refractivity contribution in [1.82, 2.24) is 14.8 Å². The number of aromatic nitrogens is 3. The highest BCUT2D eigenvalue weighted by Crippen LogP contribution is 2.22. The van der Waals surface area contributed by atoms with Crippen molar-refractivity contribution < 1.29 is 13.9 Å². The van der Waals surface area contributed by atoms with Crippen LogP contribution in [-0.2, 0) is 17.9 Å². The number of esters is 1. The van der Waals surface area contributed by atoms with Crippen LogP contribution in [0.5, 0.6) is 0 Å². The van der Waals surface area contributed by atoms with E-state index in [1.54, 1.807) is 17.8 Å². The van der Waals surface area contributed by atoms with E-state index >= 15 is 0 Å². The number of hydrogen-bond acceptors (Lipinski definition) is 5. The zero-order valence-corrected chi connectivity index (χ0v) is 15.4. The molecule has 140 valence electrons. The quantitative estimate of drug-likeness (QED) is 0.473. The molecule has 0 fully saturated rings. The number of hydrogen-bond donors (Lipinski definition) is 0. The summed E-state index contributed by atoms with van der Waals surface area (Å²) in [6, 6.07) is 19.5. The van der Waals surface area contributed by atoms with Gasteiger partial charge in [-0.05, 0) is 24.6 Å². The van der Waals surface area contributed by atoms with Crippen molar-refractivity contribution in [3.8, 4) is 11.5 Å². The third kappa shape index (κ3) is 4.01. The molecule has 6 heteroatoms. The van der Waals surface area contributed by atoms with E-state index in [1.165, 1.54) is 6.20 Å². The van der Waals surface area contributed by atoms with Crippen molar-refractivity contribution >= 4 is 5.97 Å². The number of nitrogens with zero attached hydrogens (tertiary/aromatic N) is 3. The molecule has 0 saturated carbocycles. The molecule has 2 heterocycles. The van der Waals surface area contributed by atoms with Crippen LogP contribution in [0.3, 0.4) is 0 Å². The van der Waals surface area contributed by atoms with Crippen LogP contribution in [-0.4, -0.2) is 20.7 Å². The maximum atomic E-state index is 12.3. The summed E-state index contributed by atoms with van der Waals surface area (Å²) in [6.45, 7) is 2.45. The van der Waals surface area contributed by atoms with Crippen molar-refractivity contribution in [2.24, 2.45) is 0 Å². The van der Waals surface area contributed by atoms with Crippen molar-refractivity contribution in [1.29, 1.82) is 0 Å². The van der Waals surface area contributed by atoms with Crippen molar-refractivity contribution in [2.75, 3.05) is 0 Å². The van der Waals surface area contributed by atoms with Crippen molar-refractivity contribution in [3.63, 3.8) is 0 Å². The molecule has 0 N–H and O–H groups in total. The maximum absolute atomic E-state index is 12.3. The summed E-state index contributed by atoms with van der Waals surface area (Å²) in [5.41, 5.74) is 2.99. The second-order valence-electron chi connectivity index (χ2n) is 6.38. The Bertz CT molecular complexity index is 1070. The van der Waals surface area contributed by atoms with E-state index in [-0.39, 0.29) is 6.61 Å². The molecule has 4 rings (SSSR count). The van der Waals surface area contributed by atoms with Gasteiger partial charge in [-0.15, -0.1) is 0 Å². The van der Waals surface area contributed by atoms with Gasteiger partial charge in [0.15, 0.2) is 0 Å². The third-order valence-corrected chi connectivity index (χ3v) is 4.31. The van der Waals surface area contributed by atoms with Gasteiger partial charge in [-0.1, -0.05) is 48.5 Å². The van der Waals surface area contributed by atoms with E-state index in [2.05, 4.69) is 10.1 Å². The fourth-order valence-electron chi connectivity index (χ4n) is 2.81. The lowest BCUT2D eigenvalue weighted by Gasteiger charge is -2.02. The summed E-state index contributed by atoms with van der Waals surface area (Å²) in [5, 5.41) is 4.23. The number of ether oxygens (including phenoxy) is 1. The summed E-state index contributed by atoms with van der Waals surface area (Å²) in [7, 11) is 0. The molecule has 28 heavy (non-hydrogen) atoms. The van der Waals surface area contributed by atoms with E-state index < -0.39 is 5.97 Å². The van der Waals surface area contributed by atoms with E-state index in [0.29, 0.717) is 29.5 Å². The standard InChI is InChI=1S/C22H19N3O3/c1-16-20(24-21(28-16)18-10-6-3-7-11-18)15-27-22(26)19-12-23-25(14-19)13-17-8-4-2-5-9-17/h2-12,14H,13,15H2,1H3. The second kappa shape index (κ2) is 7.92. The average molecular weight is 373 g/mol. The van der Waals surface area contributed by atoms with Gasteiger partial charge in [-0.2, -0.15) is 5.10 Å². The second-order valence-corrected chi connectivity index (χ2v) is 6.38. The highest BCUT2D eigenvalue weighted by molar-refractivity contribution is 5.88. The number of rotatable bonds is 6. The minimum absolute atomic E-state index is 0.0465. The molecule has 0 unspecified atom stereocenters. The molecule has 0 aliphatic carbocycles. The van der Waals surface area contributed by atoms with Gasteiger partial charge in [0.05, 0.1) is 18.3 Å². The van der Waals surface area contributed by atoms with Crippen LogP contribution in [0.2, 0.25) is 0 Å². The molecule has 6 nitrogen and oxygen atoms in total. The summed E-state index contributed by atoms with van der Waals surface area (Å²) >= 11 is 0. The van der Waals surface area contributed by atoms with Crippen LogP contribution in [0.1, 0.15) is 27.4 Å². The van der Waals surface area contributed by atoms with Crippen LogP contribution >= 0.6 is 0 Å². The third-order valence-electron chi connectivity index (χ3n) is 4.31. The summed E-state index contributed by atoms with van der Waals surface area (Å²) < 4.78 is 12.8. The minimum atomic E-state index is -0.442. The Morgan fingerprint density at radius 1 is 1.07 bits per heavy atom. The number of carbonyl (C=O) groups is 1. The first-order chi connectivity index (χ1) is 13.7. The Kier molecular flexibility index (Phi) is 5.01. The van der Waals surface area contributed by atoms with Crippen molar-refractivity contribution in [2.45, 2.75) is 20.1 Å². The van der Waals surface area contributed by atoms with Crippen molar-refractivity contribution in [3.05, 3.63) is 95.6 Å². The van der Waals surface area contributed by atoms with Crippen LogP contribution in [0, 0.1) is 6.92 Å². The Hall–Kier alpha value is -3.67. The predicted molar refractivity (Wildman–Crippen MR) is 104 cm³/mol. The zero-order valence-electron chi connectivity index (χ0n) is 15.4. The highest BCUT2D eigenvalue weighted by atomic mass is 16.5. The fourth-order valence-corrected chi connectivity index (χ4v) is 2.81. The smallest absolute Gasteiger partial charge is 0.341 e. The normalized spacial score (nSPS) is 10.8. The van der Waals surface area contributed by atoms with Crippen LogP contribution < -0.4 is 0 Å². The van der Waals surface area contributed by atoms with Gasteiger partial charge in [0, 0.05) is 11.8 Å². The van der Waals surface area contributed by atoms with Gasteiger partial charge >= 0.3 is 5.97 Å². The summed E-state index contributed by atoms with van der Waals surface area (Å²) in [4.78, 5) is 16.8. The molecule has 0 radical (unpaired) electrons. The fraction of sp³-hybridized carbons (Fsp3) is 0.136. The molecule has 0 spiro atoms. The lowest BCUT2D eigenvalue weighted by Crippen LogP contribution is -2.05. The topological polar surface area (TPSA) is 70.2 Å².